The van der Waals surface area contributed by atoms with Crippen molar-refractivity contribution >= 4 is 23.1 Å². The predicted molar refractivity (Wildman–Crippen MR) is 117 cm³/mol. The number of aryl methyl sites for hydroxylation is 2. The molecule has 150 valence electrons. The summed E-state index contributed by atoms with van der Waals surface area (Å²) >= 11 is 1.79. The Bertz CT molecular complexity index is 1040. The standard InChI is InChI=1S/C24H25FN2OS/c1-4-19-16(3)29-23-20(19)12-13-27(22(23)17-8-6-5-7-9-17)24(28)26-18-11-10-15(2)21(25)14-18/h5-11,14,22H,4,12-13H2,1-3H3,(H,26,28). The molecular formula is C24H25FN2OS. The molecule has 1 aliphatic rings. The van der Waals surface area contributed by atoms with Crippen LogP contribution in [0.5, 0.6) is 0 Å². The molecule has 1 N–H and O–H groups in total. The molecular weight excluding hydrogens is 383 g/mol. The van der Waals surface area contributed by atoms with Crippen LogP contribution < -0.4 is 5.32 Å². The molecule has 2 aromatic carbocycles. The third-order valence-electron chi connectivity index (χ3n) is 5.67. The van der Waals surface area contributed by atoms with Gasteiger partial charge in [-0.05, 0) is 61.1 Å². The Labute approximate surface area is 175 Å². The molecule has 1 aliphatic heterocycles. The monoisotopic (exact) mass is 408 g/mol. The average Bonchev–Trinajstić information content (AvgIpc) is 3.05. The predicted octanol–water partition coefficient (Wildman–Crippen LogP) is 6.25. The van der Waals surface area contributed by atoms with Gasteiger partial charge in [-0.2, -0.15) is 0 Å². The minimum Gasteiger partial charge on any atom is -0.312 e. The molecule has 0 fully saturated rings. The number of hydrogen-bond acceptors (Lipinski definition) is 2. The molecule has 4 rings (SSSR count). The number of halogens is 1. The number of rotatable bonds is 3. The molecule has 1 unspecified atom stereocenters. The van der Waals surface area contributed by atoms with E-state index in [0.29, 0.717) is 17.8 Å². The summed E-state index contributed by atoms with van der Waals surface area (Å²) in [6, 6.07) is 14.6. The largest absolute Gasteiger partial charge is 0.322 e. The van der Waals surface area contributed by atoms with E-state index in [9.17, 15) is 9.18 Å². The minimum absolute atomic E-state index is 0.126. The van der Waals surface area contributed by atoms with Gasteiger partial charge in [0.15, 0.2) is 0 Å². The zero-order chi connectivity index (χ0) is 20.5. The van der Waals surface area contributed by atoms with Crippen LogP contribution in [-0.4, -0.2) is 17.5 Å². The van der Waals surface area contributed by atoms with Gasteiger partial charge in [0.2, 0.25) is 0 Å². The van der Waals surface area contributed by atoms with Crippen molar-refractivity contribution in [2.45, 2.75) is 39.7 Å². The maximum Gasteiger partial charge on any atom is 0.322 e. The van der Waals surface area contributed by atoms with Gasteiger partial charge >= 0.3 is 6.03 Å². The van der Waals surface area contributed by atoms with Gasteiger partial charge in [-0.25, -0.2) is 9.18 Å². The van der Waals surface area contributed by atoms with Gasteiger partial charge in [0.25, 0.3) is 0 Å². The smallest absolute Gasteiger partial charge is 0.312 e. The number of urea groups is 1. The van der Waals surface area contributed by atoms with Gasteiger partial charge in [-0.3, -0.25) is 0 Å². The van der Waals surface area contributed by atoms with Crippen LogP contribution in [0.15, 0.2) is 48.5 Å². The SMILES string of the molecule is CCc1c(C)sc2c1CCN(C(=O)Nc1ccc(C)c(F)c1)C2c1ccccc1. The second-order valence-corrected chi connectivity index (χ2v) is 8.74. The lowest BCUT2D eigenvalue weighted by Gasteiger charge is -2.36. The number of anilines is 1. The number of nitrogens with one attached hydrogen (secondary N) is 1. The Morgan fingerprint density at radius 3 is 2.66 bits per heavy atom. The van der Waals surface area contributed by atoms with Crippen LogP contribution in [0, 0.1) is 19.7 Å². The number of hydrogen-bond donors (Lipinski definition) is 1. The van der Waals surface area contributed by atoms with Crippen molar-refractivity contribution in [3.05, 3.63) is 86.4 Å². The maximum atomic E-state index is 13.9. The van der Waals surface area contributed by atoms with E-state index in [4.69, 9.17) is 0 Å². The highest BCUT2D eigenvalue weighted by Gasteiger charge is 2.35. The molecule has 1 aromatic heterocycles. The normalized spacial score (nSPS) is 15.9. The molecule has 0 saturated heterocycles. The lowest BCUT2D eigenvalue weighted by molar-refractivity contribution is 0.195. The van der Waals surface area contributed by atoms with Crippen LogP contribution in [-0.2, 0) is 12.8 Å². The van der Waals surface area contributed by atoms with Crippen molar-refractivity contribution in [3.63, 3.8) is 0 Å². The summed E-state index contributed by atoms with van der Waals surface area (Å²) in [7, 11) is 0. The number of benzene rings is 2. The molecule has 0 aliphatic carbocycles. The number of nitrogens with zero attached hydrogens (tertiary/aromatic N) is 1. The molecule has 3 nitrogen and oxygen atoms in total. The molecule has 5 heteroatoms. The quantitative estimate of drug-likeness (QED) is 0.546. The summed E-state index contributed by atoms with van der Waals surface area (Å²) in [5, 5.41) is 2.90. The Morgan fingerprint density at radius 1 is 1.21 bits per heavy atom. The molecule has 0 spiro atoms. The van der Waals surface area contributed by atoms with E-state index in [1.165, 1.54) is 26.9 Å². The van der Waals surface area contributed by atoms with Gasteiger partial charge in [0, 0.05) is 22.0 Å². The second-order valence-electron chi connectivity index (χ2n) is 7.48. The van der Waals surface area contributed by atoms with E-state index in [0.717, 1.165) is 18.4 Å². The van der Waals surface area contributed by atoms with Crippen molar-refractivity contribution in [1.82, 2.24) is 4.90 Å². The van der Waals surface area contributed by atoms with Crippen LogP contribution in [0.2, 0.25) is 0 Å². The van der Waals surface area contributed by atoms with Gasteiger partial charge in [-0.15, -0.1) is 11.3 Å². The summed E-state index contributed by atoms with van der Waals surface area (Å²) in [5.74, 6) is -0.315. The van der Waals surface area contributed by atoms with Crippen molar-refractivity contribution < 1.29 is 9.18 Å². The third-order valence-corrected chi connectivity index (χ3v) is 6.91. The molecule has 0 radical (unpaired) electrons. The fourth-order valence-corrected chi connectivity index (χ4v) is 5.60. The highest BCUT2D eigenvalue weighted by atomic mass is 32.1. The van der Waals surface area contributed by atoms with Crippen LogP contribution in [0.1, 0.15) is 45.0 Å². The number of carbonyl (C=O) groups excluding carboxylic acids is 1. The second kappa shape index (κ2) is 7.99. The summed E-state index contributed by atoms with van der Waals surface area (Å²) in [4.78, 5) is 17.7. The average molecular weight is 409 g/mol. The Morgan fingerprint density at radius 2 is 1.97 bits per heavy atom. The van der Waals surface area contributed by atoms with E-state index >= 15 is 0 Å². The van der Waals surface area contributed by atoms with E-state index < -0.39 is 0 Å². The Kier molecular flexibility index (Phi) is 5.41. The zero-order valence-electron chi connectivity index (χ0n) is 17.0. The lowest BCUT2D eigenvalue weighted by atomic mass is 9.92. The van der Waals surface area contributed by atoms with E-state index in [2.05, 4.69) is 31.3 Å². The van der Waals surface area contributed by atoms with E-state index in [1.54, 1.807) is 30.4 Å². The topological polar surface area (TPSA) is 32.3 Å². The van der Waals surface area contributed by atoms with Crippen LogP contribution in [0.3, 0.4) is 0 Å². The first-order valence-electron chi connectivity index (χ1n) is 9.99. The number of amides is 2. The van der Waals surface area contributed by atoms with Crippen LogP contribution in [0.4, 0.5) is 14.9 Å². The first kappa shape index (κ1) is 19.6. The van der Waals surface area contributed by atoms with Gasteiger partial charge in [0.05, 0.1) is 6.04 Å². The minimum atomic E-state index is -0.315. The zero-order valence-corrected chi connectivity index (χ0v) is 17.8. The summed E-state index contributed by atoms with van der Waals surface area (Å²) in [5.41, 5.74) is 4.96. The molecule has 0 bridgehead atoms. The van der Waals surface area contributed by atoms with Gasteiger partial charge in [0.1, 0.15) is 5.82 Å². The van der Waals surface area contributed by atoms with Gasteiger partial charge in [-0.1, -0.05) is 43.3 Å². The molecule has 1 atom stereocenters. The fourth-order valence-electron chi connectivity index (χ4n) is 4.16. The van der Waals surface area contributed by atoms with Crippen molar-refractivity contribution in [3.8, 4) is 0 Å². The fraction of sp³-hybridized carbons (Fsp3) is 0.292. The molecule has 3 aromatic rings. The maximum absolute atomic E-state index is 13.9. The van der Waals surface area contributed by atoms with E-state index in [-0.39, 0.29) is 17.9 Å². The highest BCUT2D eigenvalue weighted by Crippen LogP contribution is 2.43. The molecule has 2 amide bonds. The first-order valence-corrected chi connectivity index (χ1v) is 10.8. The Balaban J connectivity index is 1.71. The summed E-state index contributed by atoms with van der Waals surface area (Å²) in [6.07, 6.45) is 1.86. The summed E-state index contributed by atoms with van der Waals surface area (Å²) in [6.45, 7) is 6.71. The molecule has 0 saturated carbocycles. The van der Waals surface area contributed by atoms with Crippen molar-refractivity contribution in [2.24, 2.45) is 0 Å². The number of thiophene rings is 1. The Hall–Kier alpha value is -2.66. The van der Waals surface area contributed by atoms with Crippen molar-refractivity contribution in [1.29, 1.82) is 0 Å². The summed E-state index contributed by atoms with van der Waals surface area (Å²) < 4.78 is 13.9. The van der Waals surface area contributed by atoms with E-state index in [1.807, 2.05) is 23.1 Å². The van der Waals surface area contributed by atoms with Gasteiger partial charge < -0.3 is 10.2 Å². The molecule has 29 heavy (non-hydrogen) atoms. The molecule has 2 heterocycles. The van der Waals surface area contributed by atoms with Crippen LogP contribution in [0.25, 0.3) is 0 Å². The first-order chi connectivity index (χ1) is 14.0. The number of carbonyl (C=O) groups is 1. The highest BCUT2D eigenvalue weighted by molar-refractivity contribution is 7.12. The number of fused-ring (bicyclic) bond motifs is 1. The van der Waals surface area contributed by atoms with Crippen molar-refractivity contribution in [2.75, 3.05) is 11.9 Å². The lowest BCUT2D eigenvalue weighted by Crippen LogP contribution is -2.42. The third kappa shape index (κ3) is 3.67. The van der Waals surface area contributed by atoms with Crippen LogP contribution >= 0.6 is 11.3 Å².